The Labute approximate surface area is 104 Å². The van der Waals surface area contributed by atoms with Crippen LogP contribution in [0.25, 0.3) is 0 Å². The standard InChI is InChI=1S/C13H26N2O2/c1-13(2)6-4-5-11(9-13)15-10-12(16)14-7-8-17-3/h11,15H,4-10H2,1-3H3,(H,14,16). The van der Waals surface area contributed by atoms with E-state index < -0.39 is 0 Å². The fourth-order valence-corrected chi connectivity index (χ4v) is 2.46. The smallest absolute Gasteiger partial charge is 0.234 e. The largest absolute Gasteiger partial charge is 0.383 e. The second-order valence-electron chi connectivity index (χ2n) is 5.68. The van der Waals surface area contributed by atoms with Gasteiger partial charge in [0, 0.05) is 19.7 Å². The number of hydrogen-bond acceptors (Lipinski definition) is 3. The predicted octanol–water partition coefficient (Wildman–Crippen LogP) is 1.31. The molecule has 2 N–H and O–H groups in total. The molecule has 1 atom stereocenters. The van der Waals surface area contributed by atoms with Gasteiger partial charge in [0.15, 0.2) is 0 Å². The fourth-order valence-electron chi connectivity index (χ4n) is 2.46. The highest BCUT2D eigenvalue weighted by molar-refractivity contribution is 5.77. The van der Waals surface area contributed by atoms with Crippen molar-refractivity contribution >= 4 is 5.91 Å². The minimum atomic E-state index is 0.0606. The Hall–Kier alpha value is -0.610. The van der Waals surface area contributed by atoms with Crippen molar-refractivity contribution in [2.75, 3.05) is 26.8 Å². The monoisotopic (exact) mass is 242 g/mol. The first-order valence-corrected chi connectivity index (χ1v) is 6.52. The Morgan fingerprint density at radius 2 is 2.24 bits per heavy atom. The van der Waals surface area contributed by atoms with Gasteiger partial charge in [-0.1, -0.05) is 20.3 Å². The van der Waals surface area contributed by atoms with Crippen LogP contribution in [0.2, 0.25) is 0 Å². The number of carbonyl (C=O) groups excluding carboxylic acids is 1. The number of hydrogen-bond donors (Lipinski definition) is 2. The number of carbonyl (C=O) groups is 1. The van der Waals surface area contributed by atoms with Crippen molar-refractivity contribution in [1.82, 2.24) is 10.6 Å². The Bertz CT molecular complexity index is 242. The average Bonchev–Trinajstić information content (AvgIpc) is 2.25. The summed E-state index contributed by atoms with van der Waals surface area (Å²) in [4.78, 5) is 11.5. The van der Waals surface area contributed by atoms with E-state index in [2.05, 4.69) is 24.5 Å². The van der Waals surface area contributed by atoms with Gasteiger partial charge in [-0.05, 0) is 24.7 Å². The van der Waals surface area contributed by atoms with E-state index in [4.69, 9.17) is 4.74 Å². The summed E-state index contributed by atoms with van der Waals surface area (Å²) in [5.74, 6) is 0.0606. The first kappa shape index (κ1) is 14.5. The molecule has 17 heavy (non-hydrogen) atoms. The predicted molar refractivity (Wildman–Crippen MR) is 68.9 cm³/mol. The Morgan fingerprint density at radius 1 is 1.47 bits per heavy atom. The molecule has 1 rings (SSSR count). The molecule has 100 valence electrons. The molecule has 1 fully saturated rings. The lowest BCUT2D eigenvalue weighted by molar-refractivity contribution is -0.120. The molecule has 0 radical (unpaired) electrons. The van der Waals surface area contributed by atoms with Crippen LogP contribution >= 0.6 is 0 Å². The fraction of sp³-hybridized carbons (Fsp3) is 0.923. The molecule has 4 nitrogen and oxygen atoms in total. The third kappa shape index (κ3) is 6.03. The molecule has 1 aliphatic carbocycles. The summed E-state index contributed by atoms with van der Waals surface area (Å²) in [5, 5.41) is 6.17. The van der Waals surface area contributed by atoms with Crippen LogP contribution in [0.5, 0.6) is 0 Å². The molecule has 0 heterocycles. The normalized spacial score (nSPS) is 23.4. The minimum absolute atomic E-state index is 0.0606. The van der Waals surface area contributed by atoms with Crippen molar-refractivity contribution in [2.45, 2.75) is 45.6 Å². The topological polar surface area (TPSA) is 50.4 Å². The van der Waals surface area contributed by atoms with Crippen molar-refractivity contribution in [3.63, 3.8) is 0 Å². The Morgan fingerprint density at radius 3 is 2.88 bits per heavy atom. The van der Waals surface area contributed by atoms with Crippen LogP contribution in [0.1, 0.15) is 39.5 Å². The number of nitrogens with one attached hydrogen (secondary N) is 2. The van der Waals surface area contributed by atoms with E-state index in [1.165, 1.54) is 25.7 Å². The van der Waals surface area contributed by atoms with Crippen molar-refractivity contribution < 1.29 is 9.53 Å². The first-order chi connectivity index (χ1) is 8.03. The van der Waals surface area contributed by atoms with Crippen molar-refractivity contribution in [3.05, 3.63) is 0 Å². The van der Waals surface area contributed by atoms with E-state index in [0.29, 0.717) is 31.2 Å². The zero-order valence-electron chi connectivity index (χ0n) is 11.3. The van der Waals surface area contributed by atoms with Crippen LogP contribution in [-0.2, 0) is 9.53 Å². The summed E-state index contributed by atoms with van der Waals surface area (Å²) in [7, 11) is 1.63. The van der Waals surface area contributed by atoms with Gasteiger partial charge in [0.05, 0.1) is 13.2 Å². The number of methoxy groups -OCH3 is 1. The molecule has 1 saturated carbocycles. The Balaban J connectivity index is 2.15. The lowest BCUT2D eigenvalue weighted by Gasteiger charge is -2.35. The highest BCUT2D eigenvalue weighted by Gasteiger charge is 2.27. The molecule has 0 aromatic rings. The van der Waals surface area contributed by atoms with Crippen LogP contribution in [0.4, 0.5) is 0 Å². The summed E-state index contributed by atoms with van der Waals surface area (Å²) >= 11 is 0. The maximum absolute atomic E-state index is 11.5. The van der Waals surface area contributed by atoms with Crippen LogP contribution in [0.15, 0.2) is 0 Å². The maximum atomic E-state index is 11.5. The molecule has 0 aliphatic heterocycles. The van der Waals surface area contributed by atoms with Gasteiger partial charge in [-0.15, -0.1) is 0 Å². The van der Waals surface area contributed by atoms with E-state index in [0.717, 1.165) is 0 Å². The van der Waals surface area contributed by atoms with E-state index in [9.17, 15) is 4.79 Å². The number of rotatable bonds is 6. The van der Waals surface area contributed by atoms with Gasteiger partial charge in [0.2, 0.25) is 5.91 Å². The molecular weight excluding hydrogens is 216 g/mol. The molecular formula is C13H26N2O2. The lowest BCUT2D eigenvalue weighted by atomic mass is 9.75. The van der Waals surface area contributed by atoms with E-state index >= 15 is 0 Å². The first-order valence-electron chi connectivity index (χ1n) is 6.52. The molecule has 0 bridgehead atoms. The van der Waals surface area contributed by atoms with E-state index in [-0.39, 0.29) is 5.91 Å². The van der Waals surface area contributed by atoms with Gasteiger partial charge >= 0.3 is 0 Å². The molecule has 0 aromatic carbocycles. The second-order valence-corrected chi connectivity index (χ2v) is 5.68. The Kier molecular flexibility index (Phi) is 5.92. The molecule has 0 saturated heterocycles. The number of amides is 1. The van der Waals surface area contributed by atoms with Crippen molar-refractivity contribution in [3.8, 4) is 0 Å². The average molecular weight is 242 g/mol. The van der Waals surface area contributed by atoms with Crippen molar-refractivity contribution in [1.29, 1.82) is 0 Å². The van der Waals surface area contributed by atoms with Crippen LogP contribution in [-0.4, -0.2) is 38.8 Å². The molecule has 1 amide bonds. The van der Waals surface area contributed by atoms with Crippen molar-refractivity contribution in [2.24, 2.45) is 5.41 Å². The summed E-state index contributed by atoms with van der Waals surface area (Å²) < 4.78 is 4.88. The van der Waals surface area contributed by atoms with Gasteiger partial charge < -0.3 is 15.4 Å². The quantitative estimate of drug-likeness (QED) is 0.690. The third-order valence-corrected chi connectivity index (χ3v) is 3.38. The maximum Gasteiger partial charge on any atom is 0.234 e. The van der Waals surface area contributed by atoms with E-state index in [1.807, 2.05) is 0 Å². The van der Waals surface area contributed by atoms with Crippen LogP contribution in [0.3, 0.4) is 0 Å². The summed E-state index contributed by atoms with van der Waals surface area (Å²) in [6.45, 7) is 6.19. The van der Waals surface area contributed by atoms with Gasteiger partial charge in [-0.25, -0.2) is 0 Å². The summed E-state index contributed by atoms with van der Waals surface area (Å²) in [6, 6.07) is 0.493. The van der Waals surface area contributed by atoms with Gasteiger partial charge in [0.1, 0.15) is 0 Å². The highest BCUT2D eigenvalue weighted by atomic mass is 16.5. The molecule has 1 aliphatic rings. The highest BCUT2D eigenvalue weighted by Crippen LogP contribution is 2.34. The molecule has 1 unspecified atom stereocenters. The van der Waals surface area contributed by atoms with Crippen LogP contribution in [0, 0.1) is 5.41 Å². The minimum Gasteiger partial charge on any atom is -0.383 e. The summed E-state index contributed by atoms with van der Waals surface area (Å²) in [6.07, 6.45) is 4.91. The van der Waals surface area contributed by atoms with Gasteiger partial charge in [-0.3, -0.25) is 4.79 Å². The zero-order valence-corrected chi connectivity index (χ0v) is 11.3. The van der Waals surface area contributed by atoms with Crippen LogP contribution < -0.4 is 10.6 Å². The second kappa shape index (κ2) is 6.97. The summed E-state index contributed by atoms with van der Waals surface area (Å²) in [5.41, 5.74) is 0.419. The zero-order chi connectivity index (χ0) is 12.7. The number of ether oxygens (including phenoxy) is 1. The van der Waals surface area contributed by atoms with Gasteiger partial charge in [-0.2, -0.15) is 0 Å². The molecule has 0 aromatic heterocycles. The lowest BCUT2D eigenvalue weighted by Crippen LogP contribution is -2.43. The molecule has 4 heteroatoms. The SMILES string of the molecule is COCCNC(=O)CNC1CCCC(C)(C)C1. The van der Waals surface area contributed by atoms with Gasteiger partial charge in [0.25, 0.3) is 0 Å². The van der Waals surface area contributed by atoms with E-state index in [1.54, 1.807) is 7.11 Å². The molecule has 0 spiro atoms. The third-order valence-electron chi connectivity index (χ3n) is 3.38.